The molecule has 0 fully saturated rings. The zero-order valence-corrected chi connectivity index (χ0v) is 12.0. The normalized spacial score (nSPS) is 12.5. The Hall–Kier alpha value is -2.15. The number of carbonyl (C=O) groups excluding carboxylic acids is 1. The smallest absolute Gasteiger partial charge is 0.130 e. The molecule has 1 heteroatoms. The highest BCUT2D eigenvalue weighted by Gasteiger charge is 2.10. The van der Waals surface area contributed by atoms with Gasteiger partial charge in [0.15, 0.2) is 0 Å². The van der Waals surface area contributed by atoms with E-state index in [1.807, 2.05) is 30.3 Å². The fourth-order valence-corrected chi connectivity index (χ4v) is 2.40. The number of benzene rings is 2. The second-order valence-electron chi connectivity index (χ2n) is 5.18. The summed E-state index contributed by atoms with van der Waals surface area (Å²) in [5, 5.41) is 0. The fraction of sp³-hybridized carbons (Fsp3) is 0.211. The highest BCUT2D eigenvalue weighted by Crippen LogP contribution is 2.24. The number of rotatable bonds is 5. The van der Waals surface area contributed by atoms with Gasteiger partial charge in [-0.15, -0.1) is 0 Å². The average molecular weight is 264 g/mol. The van der Waals surface area contributed by atoms with Crippen LogP contribution in [-0.4, -0.2) is 5.78 Å². The maximum Gasteiger partial charge on any atom is 0.130 e. The molecule has 20 heavy (non-hydrogen) atoms. The molecule has 0 amide bonds. The molecule has 0 radical (unpaired) electrons. The summed E-state index contributed by atoms with van der Waals surface area (Å²) in [5.74, 6) is 0.489. The number of Topliss-reactive ketones (excluding diaryl/α,β-unsaturated/α-hetero) is 1. The minimum atomic E-state index is 0.236. The molecule has 0 aliphatic heterocycles. The van der Waals surface area contributed by atoms with Crippen LogP contribution in [0.5, 0.6) is 0 Å². The molecule has 1 atom stereocenters. The van der Waals surface area contributed by atoms with E-state index in [0.717, 1.165) is 0 Å². The summed E-state index contributed by atoms with van der Waals surface area (Å²) in [6.45, 7) is 3.76. The van der Waals surface area contributed by atoms with Crippen LogP contribution in [0, 0.1) is 0 Å². The summed E-state index contributed by atoms with van der Waals surface area (Å²) >= 11 is 0. The summed E-state index contributed by atoms with van der Waals surface area (Å²) in [6, 6.07) is 18.5. The van der Waals surface area contributed by atoms with Crippen LogP contribution in [0.3, 0.4) is 0 Å². The Balaban J connectivity index is 2.24. The first-order valence-electron chi connectivity index (χ1n) is 6.98. The highest BCUT2D eigenvalue weighted by atomic mass is 16.1. The standard InChI is InChI=1S/C19H20O/c1-15(14-16(2)20)19-11-7-6-10-18(19)13-12-17-8-4-3-5-9-17/h3-13,15H,14H2,1-2H3/b13-12+/t15-/m0/s1. The maximum atomic E-state index is 11.3. The third-order valence-electron chi connectivity index (χ3n) is 3.38. The number of hydrogen-bond donors (Lipinski definition) is 0. The molecule has 2 aromatic rings. The van der Waals surface area contributed by atoms with Crippen LogP contribution in [0.25, 0.3) is 12.2 Å². The average Bonchev–Trinajstić information content (AvgIpc) is 2.46. The van der Waals surface area contributed by atoms with Gasteiger partial charge in [0.25, 0.3) is 0 Å². The van der Waals surface area contributed by atoms with Gasteiger partial charge in [-0.2, -0.15) is 0 Å². The number of hydrogen-bond acceptors (Lipinski definition) is 1. The molecule has 0 bridgehead atoms. The number of carbonyl (C=O) groups is 1. The topological polar surface area (TPSA) is 17.1 Å². The molecule has 0 saturated heterocycles. The lowest BCUT2D eigenvalue weighted by atomic mass is 9.91. The lowest BCUT2D eigenvalue weighted by molar-refractivity contribution is -0.117. The Kier molecular flexibility index (Phi) is 4.89. The van der Waals surface area contributed by atoms with Crippen LogP contribution in [-0.2, 0) is 4.79 Å². The molecule has 0 spiro atoms. The van der Waals surface area contributed by atoms with Gasteiger partial charge >= 0.3 is 0 Å². The van der Waals surface area contributed by atoms with E-state index in [9.17, 15) is 4.79 Å². The van der Waals surface area contributed by atoms with Crippen molar-refractivity contribution in [1.82, 2.24) is 0 Å². The van der Waals surface area contributed by atoms with E-state index >= 15 is 0 Å². The van der Waals surface area contributed by atoms with Crippen LogP contribution >= 0.6 is 0 Å². The third kappa shape index (κ3) is 3.92. The molecular weight excluding hydrogens is 244 g/mol. The molecule has 2 rings (SSSR count). The van der Waals surface area contributed by atoms with Crippen LogP contribution in [0.15, 0.2) is 54.6 Å². The van der Waals surface area contributed by atoms with Crippen LogP contribution in [0.4, 0.5) is 0 Å². The molecule has 0 heterocycles. The first-order valence-corrected chi connectivity index (χ1v) is 6.98. The summed E-state index contributed by atoms with van der Waals surface area (Å²) in [6.07, 6.45) is 4.83. The van der Waals surface area contributed by atoms with Gasteiger partial charge in [0.1, 0.15) is 5.78 Å². The van der Waals surface area contributed by atoms with E-state index in [1.165, 1.54) is 16.7 Å². The minimum Gasteiger partial charge on any atom is -0.300 e. The van der Waals surface area contributed by atoms with Crippen LogP contribution in [0.1, 0.15) is 42.9 Å². The summed E-state index contributed by atoms with van der Waals surface area (Å²) < 4.78 is 0. The Morgan fingerprint density at radius 2 is 1.65 bits per heavy atom. The molecule has 0 N–H and O–H groups in total. The highest BCUT2D eigenvalue weighted by molar-refractivity contribution is 5.77. The second-order valence-corrected chi connectivity index (χ2v) is 5.18. The Morgan fingerprint density at radius 3 is 2.35 bits per heavy atom. The molecule has 0 aliphatic carbocycles. The van der Waals surface area contributed by atoms with Gasteiger partial charge in [0.05, 0.1) is 0 Å². The maximum absolute atomic E-state index is 11.3. The first kappa shape index (κ1) is 14.3. The largest absolute Gasteiger partial charge is 0.300 e. The number of ketones is 1. The Bertz CT molecular complexity index is 596. The molecule has 0 saturated carbocycles. The molecule has 1 nitrogen and oxygen atoms in total. The van der Waals surface area contributed by atoms with Crippen molar-refractivity contribution >= 4 is 17.9 Å². The second kappa shape index (κ2) is 6.85. The monoisotopic (exact) mass is 264 g/mol. The summed E-state index contributed by atoms with van der Waals surface area (Å²) in [5.41, 5.74) is 3.60. The minimum absolute atomic E-state index is 0.236. The predicted octanol–water partition coefficient (Wildman–Crippen LogP) is 4.94. The van der Waals surface area contributed by atoms with Crippen LogP contribution < -0.4 is 0 Å². The lowest BCUT2D eigenvalue weighted by Crippen LogP contribution is -2.02. The van der Waals surface area contributed by atoms with E-state index in [1.54, 1.807) is 6.92 Å². The molecule has 2 aromatic carbocycles. The molecule has 0 unspecified atom stereocenters. The van der Waals surface area contributed by atoms with Crippen molar-refractivity contribution in [2.24, 2.45) is 0 Å². The van der Waals surface area contributed by atoms with Gasteiger partial charge in [-0.05, 0) is 29.5 Å². The summed E-state index contributed by atoms with van der Waals surface area (Å²) in [4.78, 5) is 11.3. The van der Waals surface area contributed by atoms with Crippen molar-refractivity contribution in [3.8, 4) is 0 Å². The van der Waals surface area contributed by atoms with E-state index in [4.69, 9.17) is 0 Å². The quantitative estimate of drug-likeness (QED) is 0.699. The van der Waals surface area contributed by atoms with Gasteiger partial charge in [-0.25, -0.2) is 0 Å². The molecule has 102 valence electrons. The van der Waals surface area contributed by atoms with Crippen LogP contribution in [0.2, 0.25) is 0 Å². The van der Waals surface area contributed by atoms with Crippen molar-refractivity contribution in [2.75, 3.05) is 0 Å². The fourth-order valence-electron chi connectivity index (χ4n) is 2.40. The van der Waals surface area contributed by atoms with Gasteiger partial charge in [0, 0.05) is 6.42 Å². The Morgan fingerprint density at radius 1 is 1.00 bits per heavy atom. The van der Waals surface area contributed by atoms with Gasteiger partial charge in [-0.1, -0.05) is 73.7 Å². The van der Waals surface area contributed by atoms with Crippen molar-refractivity contribution in [3.63, 3.8) is 0 Å². The van der Waals surface area contributed by atoms with E-state index in [2.05, 4.69) is 43.3 Å². The van der Waals surface area contributed by atoms with Crippen molar-refractivity contribution < 1.29 is 4.79 Å². The van der Waals surface area contributed by atoms with E-state index in [-0.39, 0.29) is 11.7 Å². The zero-order chi connectivity index (χ0) is 14.4. The molecular formula is C19H20O. The van der Waals surface area contributed by atoms with Gasteiger partial charge in [-0.3, -0.25) is 0 Å². The van der Waals surface area contributed by atoms with E-state index < -0.39 is 0 Å². The van der Waals surface area contributed by atoms with Gasteiger partial charge < -0.3 is 4.79 Å². The van der Waals surface area contributed by atoms with Crippen molar-refractivity contribution in [2.45, 2.75) is 26.2 Å². The predicted molar refractivity (Wildman–Crippen MR) is 85.5 cm³/mol. The lowest BCUT2D eigenvalue weighted by Gasteiger charge is -2.13. The van der Waals surface area contributed by atoms with Crippen molar-refractivity contribution in [3.05, 3.63) is 71.3 Å². The van der Waals surface area contributed by atoms with Gasteiger partial charge in [0.2, 0.25) is 0 Å². The zero-order valence-electron chi connectivity index (χ0n) is 12.0. The van der Waals surface area contributed by atoms with Crippen molar-refractivity contribution in [1.29, 1.82) is 0 Å². The van der Waals surface area contributed by atoms with E-state index in [0.29, 0.717) is 6.42 Å². The SMILES string of the molecule is CC(=O)C[C@H](C)c1ccccc1/C=C/c1ccccc1. The first-order chi connectivity index (χ1) is 9.66. The Labute approximate surface area is 121 Å². The molecule has 0 aliphatic rings. The summed E-state index contributed by atoms with van der Waals surface area (Å²) in [7, 11) is 0. The third-order valence-corrected chi connectivity index (χ3v) is 3.38. The molecule has 0 aromatic heterocycles.